The Labute approximate surface area is 180 Å². The van der Waals surface area contributed by atoms with E-state index in [0.29, 0.717) is 37.4 Å². The molecule has 2 unspecified atom stereocenters. The van der Waals surface area contributed by atoms with Crippen LogP contribution in [0.5, 0.6) is 0 Å². The van der Waals surface area contributed by atoms with E-state index in [9.17, 15) is 19.6 Å². The monoisotopic (exact) mass is 470 g/mol. The normalized spacial score (nSPS) is 21.5. The number of anilines is 2. The van der Waals surface area contributed by atoms with E-state index >= 15 is 0 Å². The maximum absolute atomic E-state index is 13.1. The molecule has 0 aliphatic carbocycles. The minimum absolute atomic E-state index is 0.162. The van der Waals surface area contributed by atoms with Crippen molar-refractivity contribution in [3.63, 3.8) is 0 Å². The number of carbonyl (C=O) groups is 2. The molecule has 4 rings (SSSR count). The molecule has 0 saturated carbocycles. The first-order chi connectivity index (χ1) is 14.4. The van der Waals surface area contributed by atoms with Gasteiger partial charge in [0.25, 0.3) is 5.56 Å². The number of nitrogens with zero attached hydrogens (tertiary/aromatic N) is 3. The van der Waals surface area contributed by atoms with Crippen LogP contribution in [0, 0.1) is 23.2 Å². The number of nitrogens with two attached hydrogens (primary N) is 1. The Morgan fingerprint density at radius 3 is 2.50 bits per heavy atom. The smallest absolute Gasteiger partial charge is 0.258 e. The van der Waals surface area contributed by atoms with Crippen LogP contribution in [0.25, 0.3) is 0 Å². The van der Waals surface area contributed by atoms with Crippen LogP contribution in [0.4, 0.5) is 11.8 Å². The van der Waals surface area contributed by atoms with Gasteiger partial charge in [0.2, 0.25) is 17.8 Å². The first-order valence-corrected chi connectivity index (χ1v) is 10.3. The lowest BCUT2D eigenvalue weighted by atomic mass is 9.79. The second-order valence-electron chi connectivity index (χ2n) is 7.44. The maximum atomic E-state index is 13.1. The number of amides is 2. The van der Waals surface area contributed by atoms with Crippen LogP contribution in [0.15, 0.2) is 33.5 Å². The van der Waals surface area contributed by atoms with E-state index in [0.717, 1.165) is 4.47 Å². The van der Waals surface area contributed by atoms with Crippen molar-refractivity contribution in [1.29, 1.82) is 5.26 Å². The summed E-state index contributed by atoms with van der Waals surface area (Å²) >= 11 is 3.37. The van der Waals surface area contributed by atoms with Gasteiger partial charge in [0, 0.05) is 29.4 Å². The summed E-state index contributed by atoms with van der Waals surface area (Å²) in [5, 5.41) is 12.2. The van der Waals surface area contributed by atoms with Crippen molar-refractivity contribution in [2.24, 2.45) is 17.6 Å². The molecule has 154 valence electrons. The first-order valence-electron chi connectivity index (χ1n) is 9.53. The van der Waals surface area contributed by atoms with Crippen LogP contribution < -0.4 is 21.5 Å². The van der Waals surface area contributed by atoms with Gasteiger partial charge in [-0.25, -0.2) is 0 Å². The highest BCUT2D eigenvalue weighted by Gasteiger charge is 2.40. The average Bonchev–Trinajstić information content (AvgIpc) is 2.73. The van der Waals surface area contributed by atoms with Gasteiger partial charge in [-0.1, -0.05) is 28.1 Å². The van der Waals surface area contributed by atoms with E-state index < -0.39 is 23.3 Å². The second kappa shape index (κ2) is 7.91. The molecule has 4 N–H and O–H groups in total. The van der Waals surface area contributed by atoms with Crippen molar-refractivity contribution in [2.75, 3.05) is 23.3 Å². The molecule has 3 heterocycles. The number of primary amides is 1. The number of rotatable bonds is 3. The number of hydrogen-bond donors (Lipinski definition) is 3. The molecule has 1 aromatic carbocycles. The van der Waals surface area contributed by atoms with E-state index in [1.165, 1.54) is 0 Å². The van der Waals surface area contributed by atoms with Crippen molar-refractivity contribution in [3.05, 3.63) is 50.2 Å². The van der Waals surface area contributed by atoms with Crippen molar-refractivity contribution in [1.82, 2.24) is 9.97 Å². The number of nitriles is 1. The van der Waals surface area contributed by atoms with Crippen molar-refractivity contribution in [3.8, 4) is 6.07 Å². The fourth-order valence-corrected chi connectivity index (χ4v) is 4.32. The van der Waals surface area contributed by atoms with Crippen LogP contribution >= 0.6 is 15.9 Å². The molecule has 0 bridgehead atoms. The van der Waals surface area contributed by atoms with Crippen LogP contribution in [0.1, 0.15) is 29.9 Å². The van der Waals surface area contributed by atoms with Gasteiger partial charge in [0.15, 0.2) is 0 Å². The number of aromatic amines is 1. The van der Waals surface area contributed by atoms with Crippen molar-refractivity contribution >= 4 is 39.5 Å². The highest BCUT2D eigenvalue weighted by molar-refractivity contribution is 9.10. The summed E-state index contributed by atoms with van der Waals surface area (Å²) in [6.45, 7) is 1.03. The molecule has 2 aromatic rings. The third-order valence-electron chi connectivity index (χ3n) is 5.68. The summed E-state index contributed by atoms with van der Waals surface area (Å²) < 4.78 is 0.849. The third kappa shape index (κ3) is 3.57. The fraction of sp³-hybridized carbons (Fsp3) is 0.350. The number of nitrogens with one attached hydrogen (secondary N) is 2. The molecule has 10 heteroatoms. The molecule has 1 aromatic heterocycles. The Kier molecular flexibility index (Phi) is 5.30. The van der Waals surface area contributed by atoms with Gasteiger partial charge in [0.05, 0.1) is 11.6 Å². The zero-order chi connectivity index (χ0) is 21.4. The van der Waals surface area contributed by atoms with Crippen molar-refractivity contribution in [2.45, 2.75) is 18.8 Å². The van der Waals surface area contributed by atoms with E-state index in [-0.39, 0.29) is 23.2 Å². The molecule has 0 spiro atoms. The van der Waals surface area contributed by atoms with Gasteiger partial charge >= 0.3 is 0 Å². The standard InChI is InChI=1S/C20H19BrN6O3/c21-12-3-1-10(2-4-12)14-13(9-22)18(29)24-17-15(14)19(30)26-20(25-17)27-7-5-11(6-8-27)16(23)28/h1-4,11,13-14H,5-8H2,(H2,23,28)(H2,24,25,26,29,30). The first kappa shape index (κ1) is 20.1. The molecule has 1 fully saturated rings. The van der Waals surface area contributed by atoms with E-state index in [1.54, 1.807) is 24.3 Å². The molecule has 1 saturated heterocycles. The summed E-state index contributed by atoms with van der Waals surface area (Å²) in [4.78, 5) is 46.2. The predicted octanol–water partition coefficient (Wildman–Crippen LogP) is 1.46. The number of hydrogen-bond acceptors (Lipinski definition) is 6. The number of benzene rings is 1. The zero-order valence-corrected chi connectivity index (χ0v) is 17.5. The van der Waals surface area contributed by atoms with Gasteiger partial charge in [0.1, 0.15) is 11.7 Å². The molecule has 0 radical (unpaired) electrons. The number of H-pyrrole nitrogens is 1. The molecule has 2 amide bonds. The summed E-state index contributed by atoms with van der Waals surface area (Å²) in [6, 6.07) is 9.18. The van der Waals surface area contributed by atoms with E-state index in [4.69, 9.17) is 5.73 Å². The Morgan fingerprint density at radius 2 is 1.90 bits per heavy atom. The quantitative estimate of drug-likeness (QED) is 0.618. The lowest BCUT2D eigenvalue weighted by Crippen LogP contribution is -2.42. The fourth-order valence-electron chi connectivity index (χ4n) is 4.05. The molecular formula is C20H19BrN6O3. The highest BCUT2D eigenvalue weighted by Crippen LogP contribution is 2.38. The number of aromatic nitrogens is 2. The zero-order valence-electron chi connectivity index (χ0n) is 15.9. The molecule has 9 nitrogen and oxygen atoms in total. The number of halogens is 1. The van der Waals surface area contributed by atoms with Crippen LogP contribution in [0.2, 0.25) is 0 Å². The van der Waals surface area contributed by atoms with E-state index in [1.807, 2.05) is 11.0 Å². The summed E-state index contributed by atoms with van der Waals surface area (Å²) in [5.74, 6) is -2.29. The summed E-state index contributed by atoms with van der Waals surface area (Å²) in [5.41, 5.74) is 5.92. The third-order valence-corrected chi connectivity index (χ3v) is 6.20. The SMILES string of the molecule is N#CC1C(=O)Nc2nc(N3CCC(C(N)=O)CC3)[nH]c(=O)c2C1c1ccc(Br)cc1. The average molecular weight is 471 g/mol. The summed E-state index contributed by atoms with van der Waals surface area (Å²) in [7, 11) is 0. The largest absolute Gasteiger partial charge is 0.369 e. The number of fused-ring (bicyclic) bond motifs is 1. The Morgan fingerprint density at radius 1 is 1.23 bits per heavy atom. The van der Waals surface area contributed by atoms with Crippen LogP contribution in [0.3, 0.4) is 0 Å². The molecule has 2 aliphatic rings. The lowest BCUT2D eigenvalue weighted by Gasteiger charge is -2.33. The van der Waals surface area contributed by atoms with Gasteiger partial charge in [-0.05, 0) is 30.5 Å². The second-order valence-corrected chi connectivity index (χ2v) is 8.36. The summed E-state index contributed by atoms with van der Waals surface area (Å²) in [6.07, 6.45) is 1.14. The van der Waals surface area contributed by atoms with Gasteiger partial charge in [-0.15, -0.1) is 0 Å². The predicted molar refractivity (Wildman–Crippen MR) is 113 cm³/mol. The Hall–Kier alpha value is -3.19. The lowest BCUT2D eigenvalue weighted by molar-refractivity contribution is -0.122. The molecule has 2 aliphatic heterocycles. The topological polar surface area (TPSA) is 145 Å². The van der Waals surface area contributed by atoms with E-state index in [2.05, 4.69) is 31.2 Å². The molecular weight excluding hydrogens is 452 g/mol. The molecule has 30 heavy (non-hydrogen) atoms. The number of carbonyl (C=O) groups excluding carboxylic acids is 2. The Bertz CT molecular complexity index is 1100. The van der Waals surface area contributed by atoms with Gasteiger partial charge in [-0.3, -0.25) is 19.4 Å². The van der Waals surface area contributed by atoms with Gasteiger partial charge in [-0.2, -0.15) is 10.2 Å². The van der Waals surface area contributed by atoms with Crippen molar-refractivity contribution < 1.29 is 9.59 Å². The Balaban J connectivity index is 1.73. The maximum Gasteiger partial charge on any atom is 0.258 e. The minimum atomic E-state index is -1.04. The van der Waals surface area contributed by atoms with Crippen LogP contribution in [-0.2, 0) is 9.59 Å². The van der Waals surface area contributed by atoms with Gasteiger partial charge < -0.3 is 16.0 Å². The highest BCUT2D eigenvalue weighted by atomic mass is 79.9. The number of piperidine rings is 1. The molecule has 2 atom stereocenters. The van der Waals surface area contributed by atoms with Crippen LogP contribution in [-0.4, -0.2) is 34.9 Å². The minimum Gasteiger partial charge on any atom is -0.369 e.